The number of carbonyl (C=O) groups is 1. The number of fused-ring (bicyclic) bond motifs is 1. The monoisotopic (exact) mass is 294 g/mol. The summed E-state index contributed by atoms with van der Waals surface area (Å²) in [6, 6.07) is 15.2. The van der Waals surface area contributed by atoms with E-state index in [1.807, 2.05) is 31.2 Å². The summed E-state index contributed by atoms with van der Waals surface area (Å²) in [5, 5.41) is 10.4. The van der Waals surface area contributed by atoms with Crippen molar-refractivity contribution in [3.8, 4) is 5.75 Å². The molecule has 3 aromatic rings. The molecule has 0 saturated carbocycles. The van der Waals surface area contributed by atoms with E-state index in [2.05, 4.69) is 23.6 Å². The van der Waals surface area contributed by atoms with Crippen molar-refractivity contribution in [3.05, 3.63) is 65.4 Å². The lowest BCUT2D eigenvalue weighted by Crippen LogP contribution is -2.14. The summed E-state index contributed by atoms with van der Waals surface area (Å²) >= 11 is 0. The van der Waals surface area contributed by atoms with Crippen molar-refractivity contribution < 1.29 is 9.90 Å². The number of amides is 1. The van der Waals surface area contributed by atoms with E-state index in [1.54, 1.807) is 12.1 Å². The Morgan fingerprint density at radius 3 is 2.50 bits per heavy atom. The Bertz CT molecular complexity index is 850. The first kappa shape index (κ1) is 14.2. The number of carbonyl (C=O) groups excluding carboxylic acids is 1. The van der Waals surface area contributed by atoms with E-state index in [4.69, 9.17) is 5.73 Å². The molecular formula is C18H18N2O2. The third-order valence-corrected chi connectivity index (χ3v) is 4.15. The summed E-state index contributed by atoms with van der Waals surface area (Å²) in [5.74, 6) is -0.355. The highest BCUT2D eigenvalue weighted by molar-refractivity contribution is 6.08. The molecule has 0 aliphatic carbocycles. The van der Waals surface area contributed by atoms with Crippen molar-refractivity contribution in [2.75, 3.05) is 0 Å². The summed E-state index contributed by atoms with van der Waals surface area (Å²) in [6.45, 7) is 3.97. The summed E-state index contributed by atoms with van der Waals surface area (Å²) in [7, 11) is 0. The van der Waals surface area contributed by atoms with Gasteiger partial charge in [-0.1, -0.05) is 30.3 Å². The quantitative estimate of drug-likeness (QED) is 0.777. The maximum atomic E-state index is 11.8. The average molecular weight is 294 g/mol. The Morgan fingerprint density at radius 2 is 1.86 bits per heavy atom. The Morgan fingerprint density at radius 1 is 1.18 bits per heavy atom. The largest absolute Gasteiger partial charge is 0.508 e. The molecule has 1 atom stereocenters. The molecule has 112 valence electrons. The fraction of sp³-hybridized carbons (Fsp3) is 0.167. The first-order chi connectivity index (χ1) is 10.5. The second-order valence-electron chi connectivity index (χ2n) is 5.48. The minimum atomic E-state index is -0.480. The standard InChI is InChI=1S/C18H18N2O2/c1-11(13-6-4-3-5-7-13)20-12(2)17(18(19)22)15-10-14(21)8-9-16(15)20/h3-11,21H,1-2H3,(H2,19,22). The highest BCUT2D eigenvalue weighted by Gasteiger charge is 2.21. The third kappa shape index (κ3) is 2.13. The molecule has 1 amide bonds. The van der Waals surface area contributed by atoms with Crippen molar-refractivity contribution in [1.82, 2.24) is 4.57 Å². The van der Waals surface area contributed by atoms with Gasteiger partial charge in [-0.2, -0.15) is 0 Å². The van der Waals surface area contributed by atoms with Gasteiger partial charge in [-0.15, -0.1) is 0 Å². The number of phenols is 1. The van der Waals surface area contributed by atoms with Crippen LogP contribution in [0.1, 0.15) is 34.6 Å². The predicted octanol–water partition coefficient (Wildman–Crippen LogP) is 3.36. The average Bonchev–Trinajstić information content (AvgIpc) is 2.78. The first-order valence-corrected chi connectivity index (χ1v) is 7.19. The van der Waals surface area contributed by atoms with Crippen LogP contribution in [0.15, 0.2) is 48.5 Å². The SMILES string of the molecule is Cc1c(C(N)=O)c2cc(O)ccc2n1C(C)c1ccccc1. The van der Waals surface area contributed by atoms with Crippen molar-refractivity contribution in [2.45, 2.75) is 19.9 Å². The van der Waals surface area contributed by atoms with Crippen LogP contribution in [-0.2, 0) is 0 Å². The Kier molecular flexibility index (Phi) is 3.37. The van der Waals surface area contributed by atoms with Crippen molar-refractivity contribution in [2.24, 2.45) is 5.73 Å². The van der Waals surface area contributed by atoms with Gasteiger partial charge in [0.1, 0.15) is 5.75 Å². The molecule has 3 rings (SSSR count). The van der Waals surface area contributed by atoms with E-state index in [1.165, 1.54) is 0 Å². The van der Waals surface area contributed by atoms with Gasteiger partial charge in [-0.25, -0.2) is 0 Å². The molecule has 0 radical (unpaired) electrons. The summed E-state index contributed by atoms with van der Waals surface area (Å²) in [4.78, 5) is 11.8. The van der Waals surface area contributed by atoms with Gasteiger partial charge in [-0.3, -0.25) is 4.79 Å². The molecule has 1 aromatic heterocycles. The minimum Gasteiger partial charge on any atom is -0.508 e. The minimum absolute atomic E-state index is 0.0568. The zero-order chi connectivity index (χ0) is 15.9. The van der Waals surface area contributed by atoms with Gasteiger partial charge in [-0.05, 0) is 37.6 Å². The third-order valence-electron chi connectivity index (χ3n) is 4.15. The molecular weight excluding hydrogens is 276 g/mol. The number of hydrogen-bond donors (Lipinski definition) is 2. The van der Waals surface area contributed by atoms with Crippen LogP contribution in [0.5, 0.6) is 5.75 Å². The highest BCUT2D eigenvalue weighted by atomic mass is 16.3. The first-order valence-electron chi connectivity index (χ1n) is 7.19. The van der Waals surface area contributed by atoms with Gasteiger partial charge in [0.15, 0.2) is 0 Å². The van der Waals surface area contributed by atoms with Crippen LogP contribution >= 0.6 is 0 Å². The molecule has 2 aromatic carbocycles. The summed E-state index contributed by atoms with van der Waals surface area (Å²) in [5.41, 5.74) is 8.86. The lowest BCUT2D eigenvalue weighted by atomic mass is 10.1. The maximum Gasteiger partial charge on any atom is 0.251 e. The van der Waals surface area contributed by atoms with Crippen molar-refractivity contribution >= 4 is 16.8 Å². The molecule has 1 unspecified atom stereocenters. The predicted molar refractivity (Wildman–Crippen MR) is 87.1 cm³/mol. The lowest BCUT2D eigenvalue weighted by Gasteiger charge is -2.18. The van der Waals surface area contributed by atoms with Crippen LogP contribution in [-0.4, -0.2) is 15.6 Å². The molecule has 4 heteroatoms. The fourth-order valence-corrected chi connectivity index (χ4v) is 3.12. The molecule has 0 spiro atoms. The van der Waals surface area contributed by atoms with E-state index in [0.29, 0.717) is 10.9 Å². The van der Waals surface area contributed by atoms with Gasteiger partial charge in [0, 0.05) is 16.6 Å². The van der Waals surface area contributed by atoms with Crippen molar-refractivity contribution in [3.63, 3.8) is 0 Å². The smallest absolute Gasteiger partial charge is 0.251 e. The molecule has 0 aliphatic heterocycles. The maximum absolute atomic E-state index is 11.8. The van der Waals surface area contributed by atoms with Crippen molar-refractivity contribution in [1.29, 1.82) is 0 Å². The second-order valence-corrected chi connectivity index (χ2v) is 5.48. The van der Waals surface area contributed by atoms with Gasteiger partial charge in [0.2, 0.25) is 0 Å². The number of rotatable bonds is 3. The summed E-state index contributed by atoms with van der Waals surface area (Å²) in [6.07, 6.45) is 0. The van der Waals surface area contributed by atoms with E-state index in [-0.39, 0.29) is 11.8 Å². The molecule has 1 heterocycles. The van der Waals surface area contributed by atoms with E-state index < -0.39 is 5.91 Å². The van der Waals surface area contributed by atoms with Gasteiger partial charge >= 0.3 is 0 Å². The molecule has 4 nitrogen and oxygen atoms in total. The molecule has 0 fully saturated rings. The van der Waals surface area contributed by atoms with E-state index in [0.717, 1.165) is 16.8 Å². The highest BCUT2D eigenvalue weighted by Crippen LogP contribution is 2.33. The molecule has 0 saturated heterocycles. The molecule has 3 N–H and O–H groups in total. The normalized spacial score (nSPS) is 12.5. The number of nitrogens with two attached hydrogens (primary N) is 1. The Labute approximate surface area is 128 Å². The van der Waals surface area contributed by atoms with Crippen LogP contribution < -0.4 is 5.73 Å². The van der Waals surface area contributed by atoms with E-state index in [9.17, 15) is 9.90 Å². The second kappa shape index (κ2) is 5.22. The molecule has 0 aliphatic rings. The Balaban J connectivity index is 2.30. The summed E-state index contributed by atoms with van der Waals surface area (Å²) < 4.78 is 2.09. The lowest BCUT2D eigenvalue weighted by molar-refractivity contribution is 0.100. The van der Waals surface area contributed by atoms with Gasteiger partial charge < -0.3 is 15.4 Å². The van der Waals surface area contributed by atoms with Crippen LogP contribution in [0.25, 0.3) is 10.9 Å². The van der Waals surface area contributed by atoms with Crippen LogP contribution in [0.3, 0.4) is 0 Å². The van der Waals surface area contributed by atoms with Gasteiger partial charge in [0.05, 0.1) is 11.6 Å². The number of phenolic OH excluding ortho intramolecular Hbond substituents is 1. The number of benzene rings is 2. The van der Waals surface area contributed by atoms with Crippen LogP contribution in [0, 0.1) is 6.92 Å². The molecule has 0 bridgehead atoms. The van der Waals surface area contributed by atoms with Gasteiger partial charge in [0.25, 0.3) is 5.91 Å². The Hall–Kier alpha value is -2.75. The number of aromatic nitrogens is 1. The number of primary amides is 1. The number of aromatic hydroxyl groups is 1. The topological polar surface area (TPSA) is 68.2 Å². The fourth-order valence-electron chi connectivity index (χ4n) is 3.12. The molecule has 22 heavy (non-hydrogen) atoms. The van der Waals surface area contributed by atoms with Crippen LogP contribution in [0.2, 0.25) is 0 Å². The number of hydrogen-bond acceptors (Lipinski definition) is 2. The zero-order valence-electron chi connectivity index (χ0n) is 12.6. The zero-order valence-corrected chi connectivity index (χ0v) is 12.6. The van der Waals surface area contributed by atoms with Crippen LogP contribution in [0.4, 0.5) is 0 Å². The number of nitrogens with zero attached hydrogens (tertiary/aromatic N) is 1. The van der Waals surface area contributed by atoms with E-state index >= 15 is 0 Å².